The first kappa shape index (κ1) is 12.9. The van der Waals surface area contributed by atoms with E-state index in [1.807, 2.05) is 6.92 Å². The Labute approximate surface area is 110 Å². The van der Waals surface area contributed by atoms with Gasteiger partial charge in [0, 0.05) is 18.9 Å². The molecule has 1 heterocycles. The van der Waals surface area contributed by atoms with Gasteiger partial charge in [0.05, 0.1) is 7.11 Å². The summed E-state index contributed by atoms with van der Waals surface area (Å²) in [5, 5.41) is 9.18. The van der Waals surface area contributed by atoms with Crippen LogP contribution in [0.5, 0.6) is 17.5 Å². The van der Waals surface area contributed by atoms with Crippen molar-refractivity contribution in [2.75, 3.05) is 7.11 Å². The highest BCUT2D eigenvalue weighted by molar-refractivity contribution is 5.92. The minimum Gasteiger partial charge on any atom is -0.493 e. The number of carboxylic acids is 1. The van der Waals surface area contributed by atoms with Crippen LogP contribution in [0.15, 0.2) is 30.6 Å². The standard InChI is InChI=1S/C13H14N2O4/c1-3-15-8-7-14-13(15)19-11-9(12(16)17)5-4-6-10(11)18-2/h4-8H,3H2,1-2H3,(H,16,17). The number of aryl methyl sites for hydroxylation is 1. The quantitative estimate of drug-likeness (QED) is 0.895. The molecule has 0 saturated carbocycles. The zero-order valence-corrected chi connectivity index (χ0v) is 10.7. The van der Waals surface area contributed by atoms with E-state index in [0.29, 0.717) is 18.3 Å². The van der Waals surface area contributed by atoms with Crippen molar-refractivity contribution in [3.63, 3.8) is 0 Å². The molecule has 0 saturated heterocycles. The minimum absolute atomic E-state index is 0.0324. The fourth-order valence-corrected chi connectivity index (χ4v) is 1.68. The van der Waals surface area contributed by atoms with Crippen molar-refractivity contribution in [3.05, 3.63) is 36.2 Å². The fraction of sp³-hybridized carbons (Fsp3) is 0.231. The number of rotatable bonds is 5. The topological polar surface area (TPSA) is 73.6 Å². The molecular weight excluding hydrogens is 248 g/mol. The van der Waals surface area contributed by atoms with E-state index in [0.717, 1.165) is 0 Å². The molecule has 0 atom stereocenters. The van der Waals surface area contributed by atoms with Crippen molar-refractivity contribution in [2.24, 2.45) is 0 Å². The Morgan fingerprint density at radius 1 is 1.47 bits per heavy atom. The molecule has 0 fully saturated rings. The molecule has 1 aromatic heterocycles. The predicted molar refractivity (Wildman–Crippen MR) is 67.9 cm³/mol. The van der Waals surface area contributed by atoms with Crippen LogP contribution in [-0.2, 0) is 6.54 Å². The van der Waals surface area contributed by atoms with Crippen molar-refractivity contribution >= 4 is 5.97 Å². The van der Waals surface area contributed by atoms with Gasteiger partial charge >= 0.3 is 12.0 Å². The molecular formula is C13H14N2O4. The lowest BCUT2D eigenvalue weighted by molar-refractivity contribution is 0.0693. The monoisotopic (exact) mass is 262 g/mol. The molecule has 2 rings (SSSR count). The SMILES string of the molecule is CCn1ccnc1Oc1c(OC)cccc1C(=O)O. The third-order valence-corrected chi connectivity index (χ3v) is 2.64. The van der Waals surface area contributed by atoms with E-state index in [2.05, 4.69) is 4.98 Å². The highest BCUT2D eigenvalue weighted by Gasteiger charge is 2.18. The second kappa shape index (κ2) is 5.43. The Hall–Kier alpha value is -2.50. The molecule has 0 spiro atoms. The van der Waals surface area contributed by atoms with Crippen LogP contribution in [0.1, 0.15) is 17.3 Å². The maximum Gasteiger partial charge on any atom is 0.339 e. The third kappa shape index (κ3) is 2.52. The Morgan fingerprint density at radius 3 is 2.89 bits per heavy atom. The Morgan fingerprint density at radius 2 is 2.26 bits per heavy atom. The number of nitrogens with zero attached hydrogens (tertiary/aromatic N) is 2. The smallest absolute Gasteiger partial charge is 0.339 e. The first-order valence-corrected chi connectivity index (χ1v) is 5.76. The highest BCUT2D eigenvalue weighted by atomic mass is 16.5. The molecule has 0 bridgehead atoms. The van der Waals surface area contributed by atoms with Crippen molar-refractivity contribution in [2.45, 2.75) is 13.5 Å². The molecule has 0 aliphatic carbocycles. The lowest BCUT2D eigenvalue weighted by atomic mass is 10.2. The van der Waals surface area contributed by atoms with E-state index in [-0.39, 0.29) is 11.3 Å². The van der Waals surface area contributed by atoms with Crippen LogP contribution in [0.4, 0.5) is 0 Å². The Kier molecular flexibility index (Phi) is 3.70. The second-order valence-electron chi connectivity index (χ2n) is 3.74. The number of methoxy groups -OCH3 is 1. The van der Waals surface area contributed by atoms with E-state index in [4.69, 9.17) is 9.47 Å². The fourth-order valence-electron chi connectivity index (χ4n) is 1.68. The molecule has 6 heteroatoms. The maximum atomic E-state index is 11.2. The van der Waals surface area contributed by atoms with Crippen molar-refractivity contribution in [3.8, 4) is 17.5 Å². The zero-order chi connectivity index (χ0) is 13.8. The lowest BCUT2D eigenvalue weighted by Crippen LogP contribution is -2.04. The van der Waals surface area contributed by atoms with Gasteiger partial charge in [-0.1, -0.05) is 6.07 Å². The average molecular weight is 262 g/mol. The predicted octanol–water partition coefficient (Wildman–Crippen LogP) is 2.40. The van der Waals surface area contributed by atoms with E-state index < -0.39 is 5.97 Å². The number of carboxylic acid groups (broad SMARTS) is 1. The van der Waals surface area contributed by atoms with Gasteiger partial charge in [0.1, 0.15) is 5.56 Å². The number of hydrogen-bond donors (Lipinski definition) is 1. The van der Waals surface area contributed by atoms with Crippen LogP contribution in [0.25, 0.3) is 0 Å². The molecule has 1 N–H and O–H groups in total. The Balaban J connectivity index is 2.46. The summed E-state index contributed by atoms with van der Waals surface area (Å²) in [7, 11) is 1.46. The summed E-state index contributed by atoms with van der Waals surface area (Å²) in [6.07, 6.45) is 3.35. The summed E-state index contributed by atoms with van der Waals surface area (Å²) in [5.41, 5.74) is 0.0324. The number of aromatic nitrogens is 2. The second-order valence-corrected chi connectivity index (χ2v) is 3.74. The van der Waals surface area contributed by atoms with Crippen LogP contribution < -0.4 is 9.47 Å². The highest BCUT2D eigenvalue weighted by Crippen LogP contribution is 2.34. The van der Waals surface area contributed by atoms with E-state index in [9.17, 15) is 9.90 Å². The van der Waals surface area contributed by atoms with E-state index in [1.54, 1.807) is 29.1 Å². The van der Waals surface area contributed by atoms with Gasteiger partial charge in [0.15, 0.2) is 11.5 Å². The van der Waals surface area contributed by atoms with Gasteiger partial charge in [-0.3, -0.25) is 0 Å². The summed E-state index contributed by atoms with van der Waals surface area (Å²) in [6, 6.07) is 5.02. The number of hydrogen-bond acceptors (Lipinski definition) is 4. The number of carbonyl (C=O) groups is 1. The first-order chi connectivity index (χ1) is 9.17. The summed E-state index contributed by atoms with van der Waals surface area (Å²) < 4.78 is 12.5. The Bertz CT molecular complexity index is 592. The number of benzene rings is 1. The number of ether oxygens (including phenoxy) is 2. The third-order valence-electron chi connectivity index (χ3n) is 2.64. The molecule has 2 aromatic rings. The van der Waals surface area contributed by atoms with E-state index in [1.165, 1.54) is 13.2 Å². The molecule has 0 aliphatic rings. The van der Waals surface area contributed by atoms with Gasteiger partial charge in [-0.05, 0) is 19.1 Å². The number of aromatic carboxylic acids is 1. The maximum absolute atomic E-state index is 11.2. The van der Waals surface area contributed by atoms with Gasteiger partial charge in [-0.2, -0.15) is 0 Å². The number of imidazole rings is 1. The van der Waals surface area contributed by atoms with Gasteiger partial charge < -0.3 is 19.1 Å². The van der Waals surface area contributed by atoms with Gasteiger partial charge in [-0.15, -0.1) is 0 Å². The first-order valence-electron chi connectivity index (χ1n) is 5.76. The molecule has 19 heavy (non-hydrogen) atoms. The molecule has 0 radical (unpaired) electrons. The van der Waals surface area contributed by atoms with Crippen LogP contribution in [0.2, 0.25) is 0 Å². The molecule has 100 valence electrons. The molecule has 0 aliphatic heterocycles. The normalized spacial score (nSPS) is 10.2. The zero-order valence-electron chi connectivity index (χ0n) is 10.7. The van der Waals surface area contributed by atoms with Crippen LogP contribution in [-0.4, -0.2) is 27.7 Å². The molecule has 6 nitrogen and oxygen atoms in total. The van der Waals surface area contributed by atoms with Crippen LogP contribution in [0.3, 0.4) is 0 Å². The van der Waals surface area contributed by atoms with Crippen molar-refractivity contribution in [1.29, 1.82) is 0 Å². The lowest BCUT2D eigenvalue weighted by Gasteiger charge is -2.12. The van der Waals surface area contributed by atoms with Gasteiger partial charge in [-0.25, -0.2) is 9.78 Å². The van der Waals surface area contributed by atoms with Crippen LogP contribution in [0, 0.1) is 0 Å². The summed E-state index contributed by atoms with van der Waals surface area (Å²) in [4.78, 5) is 15.3. The van der Waals surface area contributed by atoms with Crippen molar-refractivity contribution < 1.29 is 19.4 Å². The van der Waals surface area contributed by atoms with Crippen molar-refractivity contribution in [1.82, 2.24) is 9.55 Å². The minimum atomic E-state index is -1.08. The van der Waals surface area contributed by atoms with Crippen LogP contribution >= 0.6 is 0 Å². The summed E-state index contributed by atoms with van der Waals surface area (Å²) in [6.45, 7) is 2.61. The molecule has 0 amide bonds. The molecule has 0 unspecified atom stereocenters. The molecule has 1 aromatic carbocycles. The largest absolute Gasteiger partial charge is 0.493 e. The number of para-hydroxylation sites is 1. The van der Waals surface area contributed by atoms with E-state index >= 15 is 0 Å². The average Bonchev–Trinajstić information content (AvgIpc) is 2.86. The summed E-state index contributed by atoms with van der Waals surface area (Å²) >= 11 is 0. The van der Waals surface area contributed by atoms with Gasteiger partial charge in [0.2, 0.25) is 0 Å². The summed E-state index contributed by atoms with van der Waals surface area (Å²) in [5.74, 6) is -0.576. The van der Waals surface area contributed by atoms with Gasteiger partial charge in [0.25, 0.3) is 0 Å².